The number of piperazine rings is 1. The van der Waals surface area contributed by atoms with E-state index in [1.165, 1.54) is 11.0 Å². The molecule has 1 aromatic carbocycles. The van der Waals surface area contributed by atoms with E-state index in [-0.39, 0.29) is 30.5 Å². The van der Waals surface area contributed by atoms with Crippen LogP contribution in [-0.2, 0) is 16.1 Å². The predicted molar refractivity (Wildman–Crippen MR) is 68.6 cm³/mol. The molecule has 1 aromatic rings. The molecule has 1 saturated heterocycles. The smallest absolute Gasteiger partial charge is 0.246 e. The maximum Gasteiger partial charge on any atom is 0.246 e. The third-order valence-corrected chi connectivity index (χ3v) is 3.82. The molecular weight excluding hydrogens is 266 g/mol. The molecule has 0 aliphatic carbocycles. The van der Waals surface area contributed by atoms with Gasteiger partial charge in [0.15, 0.2) is 0 Å². The first kappa shape index (κ1) is 14.4. The predicted octanol–water partition coefficient (Wildman–Crippen LogP) is 1.59. The minimum atomic E-state index is -1.02. The largest absolute Gasteiger partial charge is 0.345 e. The number of halogens is 2. The minimum Gasteiger partial charge on any atom is -0.345 e. The molecule has 1 fully saturated rings. The molecular formula is C14H16F2N2O2. The van der Waals surface area contributed by atoms with Gasteiger partial charge in [-0.2, -0.15) is 0 Å². The number of benzene rings is 1. The highest BCUT2D eigenvalue weighted by Crippen LogP contribution is 2.26. The molecule has 108 valence electrons. The quantitative estimate of drug-likeness (QED) is 0.915. The molecule has 1 heterocycles. The Morgan fingerprint density at radius 1 is 1.35 bits per heavy atom. The molecule has 0 aromatic heterocycles. The van der Waals surface area contributed by atoms with Gasteiger partial charge in [0.25, 0.3) is 0 Å². The highest BCUT2D eigenvalue weighted by Gasteiger charge is 2.44. The van der Waals surface area contributed by atoms with Crippen LogP contribution in [0.5, 0.6) is 0 Å². The zero-order valence-corrected chi connectivity index (χ0v) is 11.4. The topological polar surface area (TPSA) is 49.4 Å². The maximum atomic E-state index is 13.7. The average Bonchev–Trinajstić information content (AvgIpc) is 2.41. The van der Waals surface area contributed by atoms with Gasteiger partial charge in [-0.25, -0.2) is 8.78 Å². The van der Waals surface area contributed by atoms with Crippen LogP contribution in [-0.4, -0.2) is 28.8 Å². The fraction of sp³-hybridized carbons (Fsp3) is 0.429. The summed E-state index contributed by atoms with van der Waals surface area (Å²) < 4.78 is 26.6. The van der Waals surface area contributed by atoms with Gasteiger partial charge in [0.2, 0.25) is 11.8 Å². The molecule has 6 heteroatoms. The molecule has 1 N–H and O–H groups in total. The first-order chi connectivity index (χ1) is 9.38. The normalized spacial score (nSPS) is 22.9. The van der Waals surface area contributed by atoms with E-state index in [9.17, 15) is 18.4 Å². The van der Waals surface area contributed by atoms with Crippen molar-refractivity contribution in [2.24, 2.45) is 0 Å². The maximum absolute atomic E-state index is 13.7. The third-order valence-electron chi connectivity index (χ3n) is 3.82. The van der Waals surface area contributed by atoms with Gasteiger partial charge in [0, 0.05) is 18.2 Å². The standard InChI is InChI=1S/C14H16F2N2O2/c1-3-14(2)13(20)17-7-12(19)18(14)8-9-4-5-10(15)6-11(9)16/h4-6H,3,7-8H2,1-2H3,(H,17,20). The summed E-state index contributed by atoms with van der Waals surface area (Å²) in [4.78, 5) is 25.3. The van der Waals surface area contributed by atoms with Crippen LogP contribution in [0.4, 0.5) is 8.78 Å². The summed E-state index contributed by atoms with van der Waals surface area (Å²) >= 11 is 0. The summed E-state index contributed by atoms with van der Waals surface area (Å²) in [7, 11) is 0. The van der Waals surface area contributed by atoms with Gasteiger partial charge in [-0.05, 0) is 19.4 Å². The lowest BCUT2D eigenvalue weighted by atomic mass is 9.92. The highest BCUT2D eigenvalue weighted by molar-refractivity contribution is 5.97. The van der Waals surface area contributed by atoms with E-state index in [0.717, 1.165) is 12.1 Å². The lowest BCUT2D eigenvalue weighted by Gasteiger charge is -2.43. The highest BCUT2D eigenvalue weighted by atomic mass is 19.1. The molecule has 1 aliphatic heterocycles. The Morgan fingerprint density at radius 3 is 2.65 bits per heavy atom. The zero-order valence-electron chi connectivity index (χ0n) is 11.4. The Bertz CT molecular complexity index is 562. The van der Waals surface area contributed by atoms with Gasteiger partial charge in [0.05, 0.1) is 6.54 Å². The van der Waals surface area contributed by atoms with E-state index in [4.69, 9.17) is 0 Å². The summed E-state index contributed by atoms with van der Waals surface area (Å²) in [5.74, 6) is -1.94. The monoisotopic (exact) mass is 282 g/mol. The van der Waals surface area contributed by atoms with E-state index in [0.29, 0.717) is 6.42 Å². The Hall–Kier alpha value is -1.98. The molecule has 0 bridgehead atoms. The van der Waals surface area contributed by atoms with Crippen molar-refractivity contribution in [3.63, 3.8) is 0 Å². The molecule has 4 nitrogen and oxygen atoms in total. The van der Waals surface area contributed by atoms with Crippen LogP contribution < -0.4 is 5.32 Å². The summed E-state index contributed by atoms with van der Waals surface area (Å²) in [5, 5.41) is 2.53. The number of carbonyl (C=O) groups is 2. The summed E-state index contributed by atoms with van der Waals surface area (Å²) in [6, 6.07) is 3.20. The van der Waals surface area contributed by atoms with E-state index in [1.54, 1.807) is 13.8 Å². The van der Waals surface area contributed by atoms with Gasteiger partial charge < -0.3 is 10.2 Å². The minimum absolute atomic E-state index is 0.0529. The molecule has 0 saturated carbocycles. The molecule has 0 radical (unpaired) electrons. The van der Waals surface area contributed by atoms with Gasteiger partial charge in [0.1, 0.15) is 17.2 Å². The van der Waals surface area contributed by atoms with E-state index in [1.807, 2.05) is 0 Å². The van der Waals surface area contributed by atoms with Crippen molar-refractivity contribution in [1.82, 2.24) is 10.2 Å². The molecule has 20 heavy (non-hydrogen) atoms. The first-order valence-electron chi connectivity index (χ1n) is 6.41. The van der Waals surface area contributed by atoms with Gasteiger partial charge >= 0.3 is 0 Å². The van der Waals surface area contributed by atoms with Crippen LogP contribution in [0.1, 0.15) is 25.8 Å². The van der Waals surface area contributed by atoms with E-state index >= 15 is 0 Å². The first-order valence-corrected chi connectivity index (χ1v) is 6.41. The van der Waals surface area contributed by atoms with Gasteiger partial charge in [-0.15, -0.1) is 0 Å². The van der Waals surface area contributed by atoms with E-state index in [2.05, 4.69) is 5.32 Å². The van der Waals surface area contributed by atoms with Crippen molar-refractivity contribution in [3.05, 3.63) is 35.4 Å². The van der Waals surface area contributed by atoms with Crippen LogP contribution in [0, 0.1) is 11.6 Å². The second-order valence-electron chi connectivity index (χ2n) is 5.03. The Morgan fingerprint density at radius 2 is 2.05 bits per heavy atom. The Balaban J connectivity index is 2.33. The van der Waals surface area contributed by atoms with Crippen molar-refractivity contribution >= 4 is 11.8 Å². The Labute approximate surface area is 115 Å². The molecule has 1 atom stereocenters. The van der Waals surface area contributed by atoms with Crippen molar-refractivity contribution in [2.75, 3.05) is 6.54 Å². The number of hydrogen-bond acceptors (Lipinski definition) is 2. The Kier molecular flexibility index (Phi) is 3.74. The molecule has 0 spiro atoms. The van der Waals surface area contributed by atoms with Crippen LogP contribution in [0.15, 0.2) is 18.2 Å². The number of nitrogens with zero attached hydrogens (tertiary/aromatic N) is 1. The molecule has 1 unspecified atom stereocenters. The second kappa shape index (κ2) is 5.19. The number of carbonyl (C=O) groups excluding carboxylic acids is 2. The number of nitrogens with one attached hydrogen (secondary N) is 1. The lowest BCUT2D eigenvalue weighted by Crippen LogP contribution is -2.65. The van der Waals surface area contributed by atoms with E-state index < -0.39 is 17.2 Å². The number of rotatable bonds is 3. The molecule has 2 amide bonds. The van der Waals surface area contributed by atoms with Crippen LogP contribution in [0.3, 0.4) is 0 Å². The fourth-order valence-corrected chi connectivity index (χ4v) is 2.27. The van der Waals surface area contributed by atoms with Gasteiger partial charge in [-0.1, -0.05) is 13.0 Å². The second-order valence-corrected chi connectivity index (χ2v) is 5.03. The van der Waals surface area contributed by atoms with Crippen LogP contribution in [0.25, 0.3) is 0 Å². The number of hydrogen-bond donors (Lipinski definition) is 1. The van der Waals surface area contributed by atoms with Crippen molar-refractivity contribution in [3.8, 4) is 0 Å². The van der Waals surface area contributed by atoms with Gasteiger partial charge in [-0.3, -0.25) is 9.59 Å². The SMILES string of the molecule is CCC1(C)C(=O)NCC(=O)N1Cc1ccc(F)cc1F. The summed E-state index contributed by atoms with van der Waals surface area (Å²) in [6.45, 7) is 3.27. The van der Waals surface area contributed by atoms with Crippen molar-refractivity contribution in [2.45, 2.75) is 32.4 Å². The fourth-order valence-electron chi connectivity index (χ4n) is 2.27. The van der Waals surface area contributed by atoms with Crippen molar-refractivity contribution < 1.29 is 18.4 Å². The van der Waals surface area contributed by atoms with Crippen molar-refractivity contribution in [1.29, 1.82) is 0 Å². The average molecular weight is 282 g/mol. The third kappa shape index (κ3) is 2.37. The zero-order chi connectivity index (χ0) is 14.9. The lowest BCUT2D eigenvalue weighted by molar-refractivity contribution is -0.153. The summed E-state index contributed by atoms with van der Waals surface area (Å²) in [6.07, 6.45) is 0.410. The summed E-state index contributed by atoms with van der Waals surface area (Å²) in [5.41, 5.74) is -0.829. The van der Waals surface area contributed by atoms with Crippen LogP contribution >= 0.6 is 0 Å². The molecule has 1 aliphatic rings. The molecule has 2 rings (SSSR count). The number of amides is 2. The van der Waals surface area contributed by atoms with Crippen LogP contribution in [0.2, 0.25) is 0 Å².